The number of carbonyl (C=O) groups excluding carboxylic acids is 1. The van der Waals surface area contributed by atoms with Gasteiger partial charge in [-0.1, -0.05) is 57.6 Å². The summed E-state index contributed by atoms with van der Waals surface area (Å²) in [4.78, 5) is 28.1. The van der Waals surface area contributed by atoms with Gasteiger partial charge in [0.15, 0.2) is 5.78 Å². The number of rotatable bonds is 4. The summed E-state index contributed by atoms with van der Waals surface area (Å²) >= 11 is 0. The Labute approximate surface area is 188 Å². The maximum Gasteiger partial charge on any atom is 0.263 e. The second-order valence-electron chi connectivity index (χ2n) is 9.73. The Morgan fingerprint density at radius 2 is 1.84 bits per heavy atom. The van der Waals surface area contributed by atoms with Crippen LogP contribution in [0.1, 0.15) is 50.4 Å². The van der Waals surface area contributed by atoms with E-state index in [9.17, 15) is 19.8 Å². The highest BCUT2D eigenvalue weighted by atomic mass is 16.3. The smallest absolute Gasteiger partial charge is 0.263 e. The van der Waals surface area contributed by atoms with Crippen LogP contribution in [0.15, 0.2) is 59.6 Å². The fourth-order valence-corrected chi connectivity index (χ4v) is 5.49. The molecule has 1 aromatic carbocycles. The van der Waals surface area contributed by atoms with Gasteiger partial charge < -0.3 is 15.2 Å². The first-order valence-corrected chi connectivity index (χ1v) is 11.4. The molecule has 0 spiro atoms. The lowest BCUT2D eigenvalue weighted by atomic mass is 9.55. The Balaban J connectivity index is 1.66. The van der Waals surface area contributed by atoms with Crippen LogP contribution in [0.2, 0.25) is 0 Å². The molecule has 2 aliphatic rings. The van der Waals surface area contributed by atoms with E-state index in [4.69, 9.17) is 0 Å². The third-order valence-corrected chi connectivity index (χ3v) is 7.67. The minimum Gasteiger partial charge on any atom is -0.508 e. The van der Waals surface area contributed by atoms with Crippen molar-refractivity contribution in [3.05, 3.63) is 70.7 Å². The first-order chi connectivity index (χ1) is 15.2. The monoisotopic (exact) mass is 433 g/mol. The van der Waals surface area contributed by atoms with Crippen molar-refractivity contribution >= 4 is 5.78 Å². The van der Waals surface area contributed by atoms with Gasteiger partial charge in [0.1, 0.15) is 17.1 Å². The molecule has 32 heavy (non-hydrogen) atoms. The molecule has 5 heteroatoms. The highest BCUT2D eigenvalue weighted by Gasteiger charge is 2.44. The second-order valence-corrected chi connectivity index (χ2v) is 9.73. The van der Waals surface area contributed by atoms with Gasteiger partial charge in [0, 0.05) is 11.8 Å². The largest absolute Gasteiger partial charge is 0.508 e. The maximum atomic E-state index is 13.1. The number of nitrogens with one attached hydrogen (secondary N) is 1. The number of H-pyrrole nitrogens is 1. The van der Waals surface area contributed by atoms with Crippen molar-refractivity contribution in [1.82, 2.24) is 4.98 Å². The molecule has 1 saturated carbocycles. The molecule has 0 aliphatic heterocycles. The number of carbonyl (C=O) groups is 1. The van der Waals surface area contributed by atoms with Gasteiger partial charge in [-0.25, -0.2) is 0 Å². The highest BCUT2D eigenvalue weighted by molar-refractivity contribution is 6.07. The van der Waals surface area contributed by atoms with Crippen molar-refractivity contribution in [2.45, 2.75) is 40.0 Å². The van der Waals surface area contributed by atoms with Crippen molar-refractivity contribution in [2.75, 3.05) is 0 Å². The molecule has 1 heterocycles. The standard InChI is InChI=1S/C27H31NO4/c1-16-4-11-22-19(14-16)6-5-17(2)27(22,3)13-12-23(30)24-25(31)21(15-28-26(24)32)18-7-9-20(29)10-8-18/h5-10,12-13,15-17,19,22,29H,4,11,14H2,1-3H3,(H2,28,31,32). The fourth-order valence-electron chi connectivity index (χ4n) is 5.49. The lowest BCUT2D eigenvalue weighted by molar-refractivity contribution is 0.0770. The normalized spacial score (nSPS) is 29.7. The summed E-state index contributed by atoms with van der Waals surface area (Å²) in [5.41, 5.74) is -0.143. The minimum atomic E-state index is -0.620. The first kappa shape index (κ1) is 22.1. The zero-order chi connectivity index (χ0) is 23.0. The lowest BCUT2D eigenvalue weighted by Gasteiger charge is -2.49. The Kier molecular flexibility index (Phi) is 5.85. The molecular weight excluding hydrogens is 402 g/mol. The van der Waals surface area contributed by atoms with Gasteiger partial charge in [-0.15, -0.1) is 0 Å². The average Bonchev–Trinajstić information content (AvgIpc) is 2.76. The van der Waals surface area contributed by atoms with E-state index in [-0.39, 0.29) is 28.4 Å². The van der Waals surface area contributed by atoms with E-state index >= 15 is 0 Å². The number of allylic oxidation sites excluding steroid dienone is 4. The molecule has 1 fully saturated rings. The summed E-state index contributed by atoms with van der Waals surface area (Å²) in [5.74, 6) is 1.19. The number of phenolic OH excluding ortho intramolecular Hbond substituents is 1. The van der Waals surface area contributed by atoms with Crippen molar-refractivity contribution in [3.8, 4) is 22.6 Å². The van der Waals surface area contributed by atoms with Crippen LogP contribution in [-0.2, 0) is 0 Å². The molecule has 5 nitrogen and oxygen atoms in total. The Bertz CT molecular complexity index is 1130. The van der Waals surface area contributed by atoms with E-state index in [2.05, 4.69) is 37.9 Å². The van der Waals surface area contributed by atoms with Crippen LogP contribution in [0.5, 0.6) is 11.5 Å². The average molecular weight is 434 g/mol. The number of hydrogen-bond acceptors (Lipinski definition) is 4. The number of aromatic amines is 1. The van der Waals surface area contributed by atoms with Crippen LogP contribution in [0.3, 0.4) is 0 Å². The minimum absolute atomic E-state index is 0.0937. The molecule has 168 valence electrons. The van der Waals surface area contributed by atoms with Gasteiger partial charge in [-0.05, 0) is 65.7 Å². The van der Waals surface area contributed by atoms with E-state index < -0.39 is 11.3 Å². The van der Waals surface area contributed by atoms with Crippen molar-refractivity contribution < 1.29 is 15.0 Å². The summed E-state index contributed by atoms with van der Waals surface area (Å²) in [6.45, 7) is 6.68. The number of pyridine rings is 1. The summed E-state index contributed by atoms with van der Waals surface area (Å²) < 4.78 is 0. The highest BCUT2D eigenvalue weighted by Crippen LogP contribution is 2.52. The van der Waals surface area contributed by atoms with E-state index in [1.807, 2.05) is 6.08 Å². The van der Waals surface area contributed by atoms with Crippen LogP contribution in [0, 0.1) is 29.1 Å². The Morgan fingerprint density at radius 3 is 2.56 bits per heavy atom. The van der Waals surface area contributed by atoms with Crippen molar-refractivity contribution in [3.63, 3.8) is 0 Å². The van der Waals surface area contributed by atoms with E-state index in [0.717, 1.165) is 6.42 Å². The summed E-state index contributed by atoms with van der Waals surface area (Å²) in [6.07, 6.45) is 12.9. The molecule has 0 radical (unpaired) electrons. The Morgan fingerprint density at radius 1 is 1.12 bits per heavy atom. The topological polar surface area (TPSA) is 90.4 Å². The van der Waals surface area contributed by atoms with E-state index in [1.165, 1.54) is 37.2 Å². The van der Waals surface area contributed by atoms with Gasteiger partial charge in [0.2, 0.25) is 0 Å². The molecule has 5 unspecified atom stereocenters. The van der Waals surface area contributed by atoms with E-state index in [1.54, 1.807) is 12.1 Å². The molecule has 4 rings (SSSR count). The van der Waals surface area contributed by atoms with Crippen LogP contribution in [0.4, 0.5) is 0 Å². The zero-order valence-corrected chi connectivity index (χ0v) is 18.8. The summed E-state index contributed by atoms with van der Waals surface area (Å²) in [6, 6.07) is 6.21. The van der Waals surface area contributed by atoms with Crippen molar-refractivity contribution in [2.24, 2.45) is 29.1 Å². The van der Waals surface area contributed by atoms with Gasteiger partial charge >= 0.3 is 0 Å². The molecule has 0 saturated heterocycles. The molecule has 0 bridgehead atoms. The number of hydrogen-bond donors (Lipinski definition) is 3. The van der Waals surface area contributed by atoms with E-state index in [0.29, 0.717) is 28.9 Å². The third-order valence-electron chi connectivity index (χ3n) is 7.67. The molecular formula is C27H31NO4. The Hall–Kier alpha value is -3.08. The molecule has 2 aromatic rings. The van der Waals surface area contributed by atoms with Crippen LogP contribution < -0.4 is 5.56 Å². The molecule has 2 aliphatic carbocycles. The number of aromatic hydroxyl groups is 2. The first-order valence-electron chi connectivity index (χ1n) is 11.4. The zero-order valence-electron chi connectivity index (χ0n) is 18.8. The molecule has 3 N–H and O–H groups in total. The van der Waals surface area contributed by atoms with Crippen LogP contribution in [0.25, 0.3) is 11.1 Å². The molecule has 0 amide bonds. The molecule has 5 atom stereocenters. The third kappa shape index (κ3) is 3.92. The summed E-state index contributed by atoms with van der Waals surface area (Å²) in [5, 5.41) is 20.3. The van der Waals surface area contributed by atoms with Gasteiger partial charge in [0.25, 0.3) is 5.56 Å². The van der Waals surface area contributed by atoms with Gasteiger partial charge in [-0.2, -0.15) is 0 Å². The number of aromatic nitrogens is 1. The number of fused-ring (bicyclic) bond motifs is 1. The number of ketones is 1. The maximum absolute atomic E-state index is 13.1. The second kappa shape index (κ2) is 8.45. The number of benzene rings is 1. The van der Waals surface area contributed by atoms with Gasteiger partial charge in [-0.3, -0.25) is 9.59 Å². The fraction of sp³-hybridized carbons (Fsp3) is 0.407. The van der Waals surface area contributed by atoms with Gasteiger partial charge in [0.05, 0.1) is 0 Å². The van der Waals surface area contributed by atoms with Crippen molar-refractivity contribution in [1.29, 1.82) is 0 Å². The molecule has 1 aromatic heterocycles. The van der Waals surface area contributed by atoms with Crippen LogP contribution in [-0.4, -0.2) is 21.0 Å². The predicted octanol–water partition coefficient (Wildman–Crippen LogP) is 5.46. The quantitative estimate of drug-likeness (QED) is 0.339. The predicted molar refractivity (Wildman–Crippen MR) is 126 cm³/mol. The summed E-state index contributed by atoms with van der Waals surface area (Å²) in [7, 11) is 0. The number of phenols is 1. The van der Waals surface area contributed by atoms with Crippen LogP contribution >= 0.6 is 0 Å². The lowest BCUT2D eigenvalue weighted by Crippen LogP contribution is -2.41. The SMILES string of the molecule is CC1CCC2C(C=CC(C)C2(C)C=CC(=O)c2c(O)c(-c3ccc(O)cc3)c[nH]c2=O)C1.